The number of thioether (sulfide) groups is 1. The van der Waals surface area contributed by atoms with Crippen LogP contribution in [0.25, 0.3) is 0 Å². The number of rotatable bonds is 6. The fourth-order valence-electron chi connectivity index (χ4n) is 3.26. The quantitative estimate of drug-likeness (QED) is 0.778. The number of halogens is 2. The molecule has 8 heteroatoms. The summed E-state index contributed by atoms with van der Waals surface area (Å²) in [5.74, 6) is -2.74. The van der Waals surface area contributed by atoms with Crippen molar-refractivity contribution in [2.45, 2.75) is 42.2 Å². The van der Waals surface area contributed by atoms with Crippen LogP contribution in [0.4, 0.5) is 14.5 Å². The van der Waals surface area contributed by atoms with E-state index in [0.717, 1.165) is 25.8 Å². The van der Waals surface area contributed by atoms with E-state index in [-0.39, 0.29) is 24.8 Å². The van der Waals surface area contributed by atoms with Crippen LogP contribution in [0.2, 0.25) is 0 Å². The minimum absolute atomic E-state index is 0.0627. The van der Waals surface area contributed by atoms with Crippen molar-refractivity contribution in [1.82, 2.24) is 4.90 Å². The number of alkyl halides is 2. The van der Waals surface area contributed by atoms with E-state index in [1.54, 1.807) is 24.3 Å². The minimum atomic E-state index is -2.53. The van der Waals surface area contributed by atoms with Gasteiger partial charge in [-0.1, -0.05) is 30.3 Å². The molecule has 0 spiro atoms. The number of likely N-dealkylation sites (tertiary alicyclic amines) is 1. The highest BCUT2D eigenvalue weighted by atomic mass is 32.2. The molecule has 2 fully saturated rings. The van der Waals surface area contributed by atoms with Gasteiger partial charge in [-0.15, -0.1) is 0 Å². The van der Waals surface area contributed by atoms with E-state index in [2.05, 4.69) is 10.2 Å². The Kier molecular flexibility index (Phi) is 6.63. The highest BCUT2D eigenvalue weighted by Crippen LogP contribution is 2.31. The number of ether oxygens (including phenoxy) is 2. The van der Waals surface area contributed by atoms with Gasteiger partial charge in [0.1, 0.15) is 0 Å². The molecule has 138 valence electrons. The Morgan fingerprint density at radius 2 is 2.04 bits per heavy atom. The zero-order valence-corrected chi connectivity index (χ0v) is 14.6. The predicted molar refractivity (Wildman–Crippen MR) is 91.8 cm³/mol. The van der Waals surface area contributed by atoms with Crippen molar-refractivity contribution in [3.8, 4) is 0 Å². The molecular formula is C17H22F2N2O3S. The Morgan fingerprint density at radius 1 is 1.28 bits per heavy atom. The summed E-state index contributed by atoms with van der Waals surface area (Å²) in [5, 5.41) is 2.76. The molecule has 1 N–H and O–H groups in total. The number of anilines is 1. The Bertz CT molecular complexity index is 585. The second kappa shape index (κ2) is 8.93. The van der Waals surface area contributed by atoms with Gasteiger partial charge in [0.2, 0.25) is 5.91 Å². The first-order chi connectivity index (χ1) is 12.1. The van der Waals surface area contributed by atoms with Crippen LogP contribution in [0.1, 0.15) is 19.3 Å². The van der Waals surface area contributed by atoms with Gasteiger partial charge in [-0.3, -0.25) is 9.69 Å². The Balaban J connectivity index is 1.61. The number of hydrogen-bond acceptors (Lipinski definition) is 5. The number of carbonyl (C=O) groups is 1. The number of benzene rings is 1. The molecule has 0 saturated carbocycles. The largest absolute Gasteiger partial charge is 0.349 e. The SMILES string of the molecule is O=C(CN1CCCCC1C1OCCO1)Nc1ccccc1SC(F)F. The third kappa shape index (κ3) is 5.13. The predicted octanol–water partition coefficient (Wildman–Crippen LogP) is 3.17. The molecule has 2 saturated heterocycles. The van der Waals surface area contributed by atoms with Crippen LogP contribution in [0.15, 0.2) is 29.2 Å². The van der Waals surface area contributed by atoms with Crippen LogP contribution in [0.5, 0.6) is 0 Å². The van der Waals surface area contributed by atoms with Crippen molar-refractivity contribution >= 4 is 23.4 Å². The van der Waals surface area contributed by atoms with E-state index in [1.807, 2.05) is 0 Å². The molecule has 2 aliphatic rings. The smallest absolute Gasteiger partial charge is 0.288 e. The highest BCUT2D eigenvalue weighted by Gasteiger charge is 2.34. The van der Waals surface area contributed by atoms with Crippen molar-refractivity contribution in [2.24, 2.45) is 0 Å². The van der Waals surface area contributed by atoms with Crippen molar-refractivity contribution in [2.75, 3.05) is 31.6 Å². The molecule has 1 atom stereocenters. The lowest BCUT2D eigenvalue weighted by Gasteiger charge is -2.37. The molecule has 0 aromatic heterocycles. The summed E-state index contributed by atoms with van der Waals surface area (Å²) in [6.07, 6.45) is 2.75. The number of carbonyl (C=O) groups excluding carboxylic acids is 1. The molecule has 0 aliphatic carbocycles. The Labute approximate surface area is 150 Å². The molecule has 25 heavy (non-hydrogen) atoms. The lowest BCUT2D eigenvalue weighted by Crippen LogP contribution is -2.50. The van der Waals surface area contributed by atoms with Gasteiger partial charge in [-0.25, -0.2) is 0 Å². The molecule has 1 unspecified atom stereocenters. The third-order valence-corrected chi connectivity index (χ3v) is 5.14. The average Bonchev–Trinajstić information content (AvgIpc) is 3.11. The van der Waals surface area contributed by atoms with Gasteiger partial charge in [0, 0.05) is 4.90 Å². The summed E-state index contributed by atoms with van der Waals surface area (Å²) in [4.78, 5) is 14.9. The molecule has 1 aromatic carbocycles. The summed E-state index contributed by atoms with van der Waals surface area (Å²) >= 11 is 0.432. The molecule has 2 aliphatic heterocycles. The van der Waals surface area contributed by atoms with Crippen LogP contribution < -0.4 is 5.32 Å². The second-order valence-corrected chi connectivity index (χ2v) is 7.10. The summed E-state index contributed by atoms with van der Waals surface area (Å²) < 4.78 is 36.5. The van der Waals surface area contributed by atoms with Gasteiger partial charge in [-0.05, 0) is 31.5 Å². The molecule has 0 bridgehead atoms. The van der Waals surface area contributed by atoms with Crippen LogP contribution >= 0.6 is 11.8 Å². The van der Waals surface area contributed by atoms with Gasteiger partial charge in [-0.2, -0.15) is 8.78 Å². The van der Waals surface area contributed by atoms with E-state index < -0.39 is 5.76 Å². The summed E-state index contributed by atoms with van der Waals surface area (Å²) in [6, 6.07) is 6.67. The topological polar surface area (TPSA) is 50.8 Å². The zero-order chi connectivity index (χ0) is 17.6. The molecule has 3 rings (SSSR count). The normalized spacial score (nSPS) is 22.4. The van der Waals surface area contributed by atoms with E-state index in [4.69, 9.17) is 9.47 Å². The number of para-hydroxylation sites is 1. The maximum absolute atomic E-state index is 12.6. The molecule has 0 radical (unpaired) electrons. The van der Waals surface area contributed by atoms with Crippen LogP contribution in [-0.2, 0) is 14.3 Å². The van der Waals surface area contributed by atoms with Gasteiger partial charge in [0.05, 0.1) is 31.5 Å². The van der Waals surface area contributed by atoms with Gasteiger partial charge < -0.3 is 14.8 Å². The fourth-order valence-corrected chi connectivity index (χ4v) is 3.86. The monoisotopic (exact) mass is 372 g/mol. The average molecular weight is 372 g/mol. The first-order valence-electron chi connectivity index (χ1n) is 8.44. The first-order valence-corrected chi connectivity index (χ1v) is 9.32. The standard InChI is InChI=1S/C17H22F2N2O3S/c18-17(19)25-14-7-2-1-5-12(14)20-15(22)11-21-8-4-3-6-13(21)16-23-9-10-24-16/h1-2,5,7,13,16-17H,3-4,6,8-11H2,(H,20,22). The third-order valence-electron chi connectivity index (χ3n) is 4.35. The second-order valence-electron chi connectivity index (χ2n) is 6.07. The number of piperidine rings is 1. The summed E-state index contributed by atoms with van der Waals surface area (Å²) in [5.41, 5.74) is 0.416. The number of hydrogen-bond donors (Lipinski definition) is 1. The maximum Gasteiger partial charge on any atom is 0.288 e. The molecule has 1 aromatic rings. The number of nitrogens with zero attached hydrogens (tertiary/aromatic N) is 1. The Hall–Kier alpha value is -1.22. The van der Waals surface area contributed by atoms with Crippen LogP contribution in [0, 0.1) is 0 Å². The minimum Gasteiger partial charge on any atom is -0.349 e. The van der Waals surface area contributed by atoms with Crippen LogP contribution in [0.3, 0.4) is 0 Å². The summed E-state index contributed by atoms with van der Waals surface area (Å²) in [7, 11) is 0. The van der Waals surface area contributed by atoms with Crippen molar-refractivity contribution in [3.05, 3.63) is 24.3 Å². The maximum atomic E-state index is 12.6. The highest BCUT2D eigenvalue weighted by molar-refractivity contribution is 7.99. The van der Waals surface area contributed by atoms with Gasteiger partial charge in [0.15, 0.2) is 6.29 Å². The van der Waals surface area contributed by atoms with Crippen molar-refractivity contribution < 1.29 is 23.0 Å². The van der Waals surface area contributed by atoms with E-state index in [1.165, 1.54) is 0 Å². The van der Waals surface area contributed by atoms with Crippen LogP contribution in [-0.4, -0.2) is 55.2 Å². The molecule has 2 heterocycles. The van der Waals surface area contributed by atoms with Crippen molar-refractivity contribution in [3.63, 3.8) is 0 Å². The number of nitrogens with one attached hydrogen (secondary N) is 1. The molecular weight excluding hydrogens is 350 g/mol. The van der Waals surface area contributed by atoms with E-state index in [0.29, 0.717) is 35.6 Å². The van der Waals surface area contributed by atoms with Crippen molar-refractivity contribution in [1.29, 1.82) is 0 Å². The lowest BCUT2D eigenvalue weighted by molar-refractivity contribution is -0.127. The van der Waals surface area contributed by atoms with Gasteiger partial charge >= 0.3 is 0 Å². The van der Waals surface area contributed by atoms with Gasteiger partial charge in [0.25, 0.3) is 5.76 Å². The first kappa shape index (κ1) is 18.6. The number of amides is 1. The molecule has 5 nitrogen and oxygen atoms in total. The zero-order valence-electron chi connectivity index (χ0n) is 13.8. The molecule has 1 amide bonds. The fraction of sp³-hybridized carbons (Fsp3) is 0.588. The Morgan fingerprint density at radius 3 is 2.80 bits per heavy atom. The lowest BCUT2D eigenvalue weighted by atomic mass is 10.0. The van der Waals surface area contributed by atoms with E-state index in [9.17, 15) is 13.6 Å². The van der Waals surface area contributed by atoms with E-state index >= 15 is 0 Å². The summed E-state index contributed by atoms with van der Waals surface area (Å²) in [6.45, 7) is 2.16.